The molecule has 1 aliphatic rings. The Morgan fingerprint density at radius 3 is 2.58 bits per heavy atom. The maximum Gasteiger partial charge on any atom is 0.244 e. The average molecular weight is 350 g/mol. The zero-order valence-corrected chi connectivity index (χ0v) is 14.0. The van der Waals surface area contributed by atoms with E-state index in [0.29, 0.717) is 25.3 Å². The van der Waals surface area contributed by atoms with E-state index in [4.69, 9.17) is 4.74 Å². The minimum absolute atomic E-state index is 0.0704. The molecule has 1 heterocycles. The molecule has 24 heavy (non-hydrogen) atoms. The highest BCUT2D eigenvalue weighted by molar-refractivity contribution is 7.89. The van der Waals surface area contributed by atoms with Gasteiger partial charge in [-0.05, 0) is 55.7 Å². The molecule has 0 aliphatic heterocycles. The van der Waals surface area contributed by atoms with Crippen molar-refractivity contribution in [1.29, 1.82) is 0 Å². The summed E-state index contributed by atoms with van der Waals surface area (Å²) in [6, 6.07) is 9.03. The smallest absolute Gasteiger partial charge is 0.244 e. The van der Waals surface area contributed by atoms with E-state index in [9.17, 15) is 12.8 Å². The lowest BCUT2D eigenvalue weighted by molar-refractivity contribution is 0.286. The first kappa shape index (κ1) is 16.9. The van der Waals surface area contributed by atoms with E-state index >= 15 is 0 Å². The maximum absolute atomic E-state index is 12.8. The van der Waals surface area contributed by atoms with Gasteiger partial charge < -0.3 is 4.74 Å². The lowest BCUT2D eigenvalue weighted by atomic mass is 10.3. The molecule has 5 nitrogen and oxygen atoms in total. The van der Waals surface area contributed by atoms with Crippen LogP contribution < -0.4 is 4.74 Å². The standard InChI is InChI=1S/C17H19FN2O3S/c18-14-4-8-16(9-5-14)23-12-2-11-20(15-6-7-15)24(21,22)17-3-1-10-19-13-17/h1,3-5,8-10,13,15H,2,6-7,11-12H2. The summed E-state index contributed by atoms with van der Waals surface area (Å²) in [6.07, 6.45) is 5.26. The lowest BCUT2D eigenvalue weighted by Crippen LogP contribution is -2.34. The first-order chi connectivity index (χ1) is 11.6. The van der Waals surface area contributed by atoms with Crippen LogP contribution in [0.25, 0.3) is 0 Å². The molecular formula is C17H19FN2O3S. The number of benzene rings is 1. The molecule has 1 saturated carbocycles. The molecule has 0 spiro atoms. The fraction of sp³-hybridized carbons (Fsp3) is 0.353. The zero-order chi connectivity index (χ0) is 17.0. The van der Waals surface area contributed by atoms with Crippen LogP contribution in [0.2, 0.25) is 0 Å². The lowest BCUT2D eigenvalue weighted by Gasteiger charge is -2.21. The summed E-state index contributed by atoms with van der Waals surface area (Å²) in [5.41, 5.74) is 0. The third-order valence-electron chi connectivity index (χ3n) is 3.80. The summed E-state index contributed by atoms with van der Waals surface area (Å²) in [7, 11) is -3.52. The van der Waals surface area contributed by atoms with Crippen molar-refractivity contribution in [3.63, 3.8) is 0 Å². The number of hydrogen-bond acceptors (Lipinski definition) is 4. The van der Waals surface area contributed by atoms with Crippen molar-refractivity contribution in [1.82, 2.24) is 9.29 Å². The highest BCUT2D eigenvalue weighted by atomic mass is 32.2. The SMILES string of the molecule is O=S(=O)(c1cccnc1)N(CCCOc1ccc(F)cc1)C1CC1. The summed E-state index contributed by atoms with van der Waals surface area (Å²) < 4.78 is 45.3. The second kappa shape index (κ2) is 7.27. The Labute approximate surface area is 141 Å². The second-order valence-electron chi connectivity index (χ2n) is 5.69. The van der Waals surface area contributed by atoms with E-state index in [1.807, 2.05) is 0 Å². The number of nitrogens with zero attached hydrogens (tertiary/aromatic N) is 2. The Bertz CT molecular complexity index is 762. The van der Waals surface area contributed by atoms with Gasteiger partial charge in [-0.25, -0.2) is 12.8 Å². The largest absolute Gasteiger partial charge is 0.494 e. The molecule has 1 fully saturated rings. The summed E-state index contributed by atoms with van der Waals surface area (Å²) >= 11 is 0. The predicted octanol–water partition coefficient (Wildman–Crippen LogP) is 2.84. The van der Waals surface area contributed by atoms with E-state index in [0.717, 1.165) is 12.8 Å². The minimum Gasteiger partial charge on any atom is -0.494 e. The van der Waals surface area contributed by atoms with Gasteiger partial charge in [-0.15, -0.1) is 0 Å². The van der Waals surface area contributed by atoms with Gasteiger partial charge in [-0.2, -0.15) is 4.31 Å². The summed E-state index contributed by atoms with van der Waals surface area (Å²) in [6.45, 7) is 0.764. The van der Waals surface area contributed by atoms with Crippen molar-refractivity contribution in [3.05, 3.63) is 54.6 Å². The van der Waals surface area contributed by atoms with Crippen molar-refractivity contribution < 1.29 is 17.5 Å². The van der Waals surface area contributed by atoms with Crippen LogP contribution in [0.1, 0.15) is 19.3 Å². The fourth-order valence-electron chi connectivity index (χ4n) is 2.44. The molecule has 2 aromatic rings. The molecule has 0 N–H and O–H groups in total. The van der Waals surface area contributed by atoms with Crippen LogP contribution in [0, 0.1) is 5.82 Å². The highest BCUT2D eigenvalue weighted by Gasteiger charge is 2.37. The Morgan fingerprint density at radius 1 is 1.21 bits per heavy atom. The Morgan fingerprint density at radius 2 is 1.96 bits per heavy atom. The van der Waals surface area contributed by atoms with Gasteiger partial charge in [0.2, 0.25) is 10.0 Å². The van der Waals surface area contributed by atoms with Crippen LogP contribution in [0.3, 0.4) is 0 Å². The van der Waals surface area contributed by atoms with Crippen LogP contribution >= 0.6 is 0 Å². The minimum atomic E-state index is -3.52. The third-order valence-corrected chi connectivity index (χ3v) is 5.74. The third kappa shape index (κ3) is 4.10. The molecule has 1 aromatic carbocycles. The van der Waals surface area contributed by atoms with E-state index < -0.39 is 10.0 Å². The molecule has 128 valence electrons. The summed E-state index contributed by atoms with van der Waals surface area (Å²) in [5.74, 6) is 0.259. The Balaban J connectivity index is 1.58. The van der Waals surface area contributed by atoms with Crippen molar-refractivity contribution >= 4 is 10.0 Å². The van der Waals surface area contributed by atoms with Crippen LogP contribution in [-0.2, 0) is 10.0 Å². The van der Waals surface area contributed by atoms with Gasteiger partial charge >= 0.3 is 0 Å². The van der Waals surface area contributed by atoms with E-state index in [2.05, 4.69) is 4.98 Å². The number of sulfonamides is 1. The summed E-state index contributed by atoms with van der Waals surface area (Å²) in [5, 5.41) is 0. The van der Waals surface area contributed by atoms with Crippen molar-refractivity contribution in [2.24, 2.45) is 0 Å². The second-order valence-corrected chi connectivity index (χ2v) is 7.58. The highest BCUT2D eigenvalue weighted by Crippen LogP contribution is 2.31. The number of ether oxygens (including phenoxy) is 1. The molecule has 0 unspecified atom stereocenters. The fourth-order valence-corrected chi connectivity index (χ4v) is 4.13. The number of rotatable bonds is 8. The van der Waals surface area contributed by atoms with Gasteiger partial charge in [0.25, 0.3) is 0 Å². The molecular weight excluding hydrogens is 331 g/mol. The number of hydrogen-bond donors (Lipinski definition) is 0. The average Bonchev–Trinajstić information content (AvgIpc) is 3.42. The van der Waals surface area contributed by atoms with Crippen molar-refractivity contribution in [2.45, 2.75) is 30.2 Å². The van der Waals surface area contributed by atoms with Gasteiger partial charge in [0, 0.05) is 25.0 Å². The van der Waals surface area contributed by atoms with E-state index in [1.54, 1.807) is 30.5 Å². The molecule has 0 radical (unpaired) electrons. The molecule has 0 bridgehead atoms. The molecule has 1 aromatic heterocycles. The predicted molar refractivity (Wildman–Crippen MR) is 87.7 cm³/mol. The molecule has 0 amide bonds. The van der Waals surface area contributed by atoms with Gasteiger partial charge in [-0.1, -0.05) is 0 Å². The normalized spacial score (nSPS) is 14.8. The topological polar surface area (TPSA) is 59.5 Å². The maximum atomic E-state index is 12.8. The molecule has 3 rings (SSSR count). The summed E-state index contributed by atoms with van der Waals surface area (Å²) in [4.78, 5) is 4.11. The number of pyridine rings is 1. The van der Waals surface area contributed by atoms with E-state index in [-0.39, 0.29) is 16.8 Å². The van der Waals surface area contributed by atoms with Crippen LogP contribution in [0.15, 0.2) is 53.7 Å². The van der Waals surface area contributed by atoms with Gasteiger partial charge in [-0.3, -0.25) is 4.98 Å². The molecule has 7 heteroatoms. The van der Waals surface area contributed by atoms with Gasteiger partial charge in [0.1, 0.15) is 16.5 Å². The van der Waals surface area contributed by atoms with Crippen molar-refractivity contribution in [2.75, 3.05) is 13.2 Å². The number of halogens is 1. The Kier molecular flexibility index (Phi) is 5.11. The van der Waals surface area contributed by atoms with Crippen LogP contribution in [-0.4, -0.2) is 36.9 Å². The van der Waals surface area contributed by atoms with Gasteiger partial charge in [0.05, 0.1) is 6.61 Å². The Hall–Kier alpha value is -1.99. The molecule has 1 aliphatic carbocycles. The quantitative estimate of drug-likeness (QED) is 0.687. The van der Waals surface area contributed by atoms with E-state index in [1.165, 1.54) is 22.6 Å². The monoisotopic (exact) mass is 350 g/mol. The van der Waals surface area contributed by atoms with Gasteiger partial charge in [0.15, 0.2) is 0 Å². The van der Waals surface area contributed by atoms with Crippen LogP contribution in [0.5, 0.6) is 5.75 Å². The first-order valence-electron chi connectivity index (χ1n) is 7.87. The zero-order valence-electron chi connectivity index (χ0n) is 13.1. The van der Waals surface area contributed by atoms with Crippen LogP contribution in [0.4, 0.5) is 4.39 Å². The van der Waals surface area contributed by atoms with Crippen molar-refractivity contribution in [3.8, 4) is 5.75 Å². The first-order valence-corrected chi connectivity index (χ1v) is 9.31. The molecule has 0 saturated heterocycles. The number of aromatic nitrogens is 1. The molecule has 0 atom stereocenters.